The molecule has 1 aliphatic heterocycles. The number of rotatable bonds is 10. The number of carbonyl (C=O) groups excluding carboxylic acids is 3. The van der Waals surface area contributed by atoms with E-state index in [0.717, 1.165) is 0 Å². The molecule has 0 saturated carbocycles. The number of anilines is 1. The van der Waals surface area contributed by atoms with Gasteiger partial charge < -0.3 is 26.6 Å². The first kappa shape index (κ1) is 28.6. The minimum absolute atomic E-state index is 0.0102. The highest BCUT2D eigenvalue weighted by atomic mass is 19.1. The summed E-state index contributed by atoms with van der Waals surface area (Å²) in [6, 6.07) is 14.0. The molecule has 0 unspecified atom stereocenters. The van der Waals surface area contributed by atoms with Gasteiger partial charge >= 0.3 is 0 Å². The summed E-state index contributed by atoms with van der Waals surface area (Å²) in [5, 5.41) is 15.2. The van der Waals surface area contributed by atoms with Crippen molar-refractivity contribution in [2.75, 3.05) is 18.5 Å². The number of Topliss-reactive ketones (excluding diaryl/α,β-unsaturated/α-hetero) is 1. The number of pyridine rings is 2. The van der Waals surface area contributed by atoms with Crippen LogP contribution in [0.1, 0.15) is 48.3 Å². The van der Waals surface area contributed by atoms with Crippen LogP contribution in [0.4, 0.5) is 10.1 Å². The Kier molecular flexibility index (Phi) is 7.38. The number of ether oxygens (including phenoxy) is 1. The molecule has 11 heteroatoms. The fourth-order valence-corrected chi connectivity index (χ4v) is 4.97. The van der Waals surface area contributed by atoms with E-state index in [-0.39, 0.29) is 37.5 Å². The van der Waals surface area contributed by atoms with E-state index in [1.54, 1.807) is 43.5 Å². The lowest BCUT2D eigenvalue weighted by Gasteiger charge is -2.26. The van der Waals surface area contributed by atoms with Crippen molar-refractivity contribution in [3.63, 3.8) is 0 Å². The van der Waals surface area contributed by atoms with E-state index in [1.165, 1.54) is 31.2 Å². The number of nitrogens with two attached hydrogens (primary N) is 2. The van der Waals surface area contributed by atoms with Crippen LogP contribution in [0.15, 0.2) is 60.8 Å². The molecule has 2 atom stereocenters. The maximum absolute atomic E-state index is 13.7. The number of benzene rings is 2. The largest absolute Gasteiger partial charge is 0.489 e. The minimum atomic E-state index is -1.61. The molecule has 2 amide bonds. The monoisotopic (exact) mass is 571 g/mol. The maximum Gasteiger partial charge on any atom is 0.236 e. The Morgan fingerprint density at radius 3 is 2.57 bits per heavy atom. The molecule has 2 aromatic carbocycles. The Balaban J connectivity index is 1.47. The van der Waals surface area contributed by atoms with E-state index in [2.05, 4.69) is 15.3 Å². The van der Waals surface area contributed by atoms with Gasteiger partial charge in [0.15, 0.2) is 5.78 Å². The van der Waals surface area contributed by atoms with Crippen molar-refractivity contribution >= 4 is 34.2 Å². The molecule has 0 spiro atoms. The van der Waals surface area contributed by atoms with Crippen molar-refractivity contribution in [1.82, 2.24) is 9.97 Å². The molecule has 0 radical (unpaired) electrons. The van der Waals surface area contributed by atoms with Crippen LogP contribution in [0.25, 0.3) is 22.2 Å². The fraction of sp³-hybridized carbons (Fsp3) is 0.258. The van der Waals surface area contributed by atoms with Crippen LogP contribution in [0.2, 0.25) is 0 Å². The Bertz CT molecular complexity index is 1720. The maximum atomic E-state index is 13.7. The van der Waals surface area contributed by atoms with Gasteiger partial charge in [-0.05, 0) is 68.8 Å². The molecule has 0 fully saturated rings. The number of nitrogens with zero attached hydrogens (tertiary/aromatic N) is 2. The Morgan fingerprint density at radius 2 is 1.88 bits per heavy atom. The zero-order valence-electron chi connectivity index (χ0n) is 23.1. The lowest BCUT2D eigenvalue weighted by atomic mass is 9.81. The number of aliphatic hydroxyl groups is 1. The second-order valence-corrected chi connectivity index (χ2v) is 10.8. The number of aromatic nitrogens is 2. The number of primary amides is 2. The van der Waals surface area contributed by atoms with E-state index in [9.17, 15) is 23.9 Å². The van der Waals surface area contributed by atoms with Crippen LogP contribution >= 0.6 is 0 Å². The Labute approximate surface area is 240 Å². The molecular weight excluding hydrogens is 541 g/mol. The molecule has 4 aromatic rings. The van der Waals surface area contributed by atoms with E-state index >= 15 is 0 Å². The normalized spacial score (nSPS) is 17.2. The van der Waals surface area contributed by atoms with Crippen LogP contribution in [-0.2, 0) is 20.6 Å². The first-order valence-electron chi connectivity index (χ1n) is 13.3. The van der Waals surface area contributed by atoms with Gasteiger partial charge in [0.1, 0.15) is 34.9 Å². The van der Waals surface area contributed by atoms with Crippen molar-refractivity contribution in [1.29, 1.82) is 0 Å². The second kappa shape index (κ2) is 10.8. The minimum Gasteiger partial charge on any atom is -0.489 e. The van der Waals surface area contributed by atoms with Gasteiger partial charge in [0.25, 0.3) is 0 Å². The van der Waals surface area contributed by atoms with Crippen molar-refractivity contribution in [2.45, 2.75) is 37.7 Å². The molecular formula is C31H30FN5O5. The van der Waals surface area contributed by atoms with Crippen molar-refractivity contribution in [2.24, 2.45) is 11.5 Å². The number of nitrogens with one attached hydrogen (secondary N) is 1. The van der Waals surface area contributed by atoms with Gasteiger partial charge in [0, 0.05) is 34.7 Å². The predicted molar refractivity (Wildman–Crippen MR) is 154 cm³/mol. The predicted octanol–water partition coefficient (Wildman–Crippen LogP) is 3.34. The topological polar surface area (TPSA) is 171 Å². The molecule has 0 bridgehead atoms. The number of halogens is 1. The first-order valence-corrected chi connectivity index (χ1v) is 13.3. The molecule has 3 heterocycles. The molecule has 0 saturated heterocycles. The zero-order chi connectivity index (χ0) is 30.2. The fourth-order valence-electron chi connectivity index (χ4n) is 4.97. The van der Waals surface area contributed by atoms with Crippen molar-refractivity contribution < 1.29 is 28.6 Å². The van der Waals surface area contributed by atoms with Gasteiger partial charge in [-0.15, -0.1) is 0 Å². The summed E-state index contributed by atoms with van der Waals surface area (Å²) in [5.74, 6) is -1.53. The third-order valence-corrected chi connectivity index (χ3v) is 7.60. The third kappa shape index (κ3) is 5.38. The number of amides is 2. The molecule has 0 aliphatic carbocycles. The van der Waals surface area contributed by atoms with Gasteiger partial charge in [-0.2, -0.15) is 0 Å². The highest BCUT2D eigenvalue weighted by Gasteiger charge is 2.45. The molecule has 10 nitrogen and oxygen atoms in total. The van der Waals surface area contributed by atoms with Gasteiger partial charge in [-0.1, -0.05) is 6.07 Å². The summed E-state index contributed by atoms with van der Waals surface area (Å²) in [6.45, 7) is 3.04. The van der Waals surface area contributed by atoms with Gasteiger partial charge in [-0.3, -0.25) is 19.4 Å². The molecule has 2 aromatic heterocycles. The van der Waals surface area contributed by atoms with Crippen molar-refractivity contribution in [3.05, 3.63) is 83.4 Å². The summed E-state index contributed by atoms with van der Waals surface area (Å²) >= 11 is 0. The Hall–Kier alpha value is -4.90. The number of carbonyl (C=O) groups is 3. The van der Waals surface area contributed by atoms with Crippen LogP contribution in [-0.4, -0.2) is 45.8 Å². The van der Waals surface area contributed by atoms with E-state index < -0.39 is 28.6 Å². The average Bonchev–Trinajstić information content (AvgIpc) is 3.32. The lowest BCUT2D eigenvalue weighted by molar-refractivity contribution is -0.123. The van der Waals surface area contributed by atoms with Crippen LogP contribution in [0.3, 0.4) is 0 Å². The average molecular weight is 572 g/mol. The van der Waals surface area contributed by atoms with Gasteiger partial charge in [0.2, 0.25) is 11.8 Å². The van der Waals surface area contributed by atoms with E-state index in [1.807, 2.05) is 0 Å². The first-order chi connectivity index (χ1) is 19.9. The number of ketones is 1. The number of hydrogen-bond donors (Lipinski definition) is 4. The highest BCUT2D eigenvalue weighted by Crippen LogP contribution is 2.46. The Morgan fingerprint density at radius 1 is 1.14 bits per heavy atom. The summed E-state index contributed by atoms with van der Waals surface area (Å²) in [7, 11) is 0. The third-order valence-electron chi connectivity index (χ3n) is 7.60. The molecule has 6 N–H and O–H groups in total. The van der Waals surface area contributed by atoms with Gasteiger partial charge in [0.05, 0.1) is 23.4 Å². The van der Waals surface area contributed by atoms with E-state index in [0.29, 0.717) is 44.7 Å². The smallest absolute Gasteiger partial charge is 0.236 e. The van der Waals surface area contributed by atoms with Crippen LogP contribution in [0.5, 0.6) is 5.75 Å². The van der Waals surface area contributed by atoms with Crippen LogP contribution < -0.4 is 21.5 Å². The second-order valence-electron chi connectivity index (χ2n) is 10.8. The summed E-state index contributed by atoms with van der Waals surface area (Å²) in [4.78, 5) is 46.2. The highest BCUT2D eigenvalue weighted by molar-refractivity contribution is 6.03. The molecule has 1 aliphatic rings. The molecule has 216 valence electrons. The lowest BCUT2D eigenvalue weighted by Crippen LogP contribution is -2.40. The van der Waals surface area contributed by atoms with Crippen LogP contribution in [0, 0.1) is 5.82 Å². The standard InChI is InChI=1S/C31H30FN5O5/c1-30(29(34)40)16-42-28-21(30)14-24(37-27(28)17-5-7-20(32)8-6-17)31(2,41)10-9-23(38)19-12-18-4-3-11-35-26(18)22(13-19)36-15-25(33)39/h3-8,11-14,36,41H,9-10,15-16H2,1-2H3,(H2,33,39)(H2,34,40)/t30-,31-/m0/s1. The van der Waals surface area contributed by atoms with Crippen molar-refractivity contribution in [3.8, 4) is 17.0 Å². The SMILES string of the molecule is C[C@](O)(CCC(=O)c1cc(NCC(N)=O)c2ncccc2c1)c1cc2c(c(-c3ccc(F)cc3)n1)OC[C@]2(C)C(N)=O. The summed E-state index contributed by atoms with van der Waals surface area (Å²) in [5.41, 5.74) is 11.2. The van der Waals surface area contributed by atoms with Gasteiger partial charge in [-0.25, -0.2) is 9.37 Å². The number of hydrogen-bond acceptors (Lipinski definition) is 8. The molecule has 42 heavy (non-hydrogen) atoms. The quantitative estimate of drug-likeness (QED) is 0.210. The molecule has 5 rings (SSSR count). The van der Waals surface area contributed by atoms with E-state index in [4.69, 9.17) is 16.2 Å². The summed E-state index contributed by atoms with van der Waals surface area (Å²) in [6.07, 6.45) is 1.54. The summed E-state index contributed by atoms with van der Waals surface area (Å²) < 4.78 is 19.5. The zero-order valence-corrected chi connectivity index (χ0v) is 23.1. The number of fused-ring (bicyclic) bond motifs is 2.